The number of hydrogen-bond acceptors (Lipinski definition) is 3. The first-order valence-electron chi connectivity index (χ1n) is 6.76. The van der Waals surface area contributed by atoms with E-state index in [0.29, 0.717) is 24.4 Å². The number of nitrogen functional groups attached to an aromatic ring is 1. The monoisotopic (exact) mass is 264 g/mol. The molecule has 0 saturated heterocycles. The Bertz CT molecular complexity index is 405. The molecule has 0 fully saturated rings. The van der Waals surface area contributed by atoms with Gasteiger partial charge < -0.3 is 16.2 Å². The largest absolute Gasteiger partial charge is 0.399 e. The van der Waals surface area contributed by atoms with Crippen LogP contribution < -0.4 is 11.1 Å². The lowest BCUT2D eigenvalue weighted by atomic mass is 10.0. The number of carbonyl (C=O) groups excluding carboxylic acids is 1. The summed E-state index contributed by atoms with van der Waals surface area (Å²) in [5.74, 6) is 0.425. The molecule has 1 unspecified atom stereocenters. The van der Waals surface area contributed by atoms with Crippen LogP contribution in [0.5, 0.6) is 0 Å². The zero-order valence-corrected chi connectivity index (χ0v) is 11.7. The fraction of sp³-hybridized carbons (Fsp3) is 0.533. The number of benzene rings is 1. The maximum atomic E-state index is 11.8. The van der Waals surface area contributed by atoms with Crippen molar-refractivity contribution in [2.75, 3.05) is 12.3 Å². The summed E-state index contributed by atoms with van der Waals surface area (Å²) in [6.45, 7) is 4.13. The van der Waals surface area contributed by atoms with E-state index in [1.54, 1.807) is 0 Å². The van der Waals surface area contributed by atoms with E-state index in [-0.39, 0.29) is 18.6 Å². The van der Waals surface area contributed by atoms with Crippen LogP contribution in [0.2, 0.25) is 0 Å². The molecule has 0 heterocycles. The third-order valence-electron chi connectivity index (χ3n) is 2.93. The van der Waals surface area contributed by atoms with Crippen LogP contribution in [0.15, 0.2) is 24.3 Å². The normalized spacial score (nSPS) is 12.4. The van der Waals surface area contributed by atoms with Crippen LogP contribution in [-0.4, -0.2) is 23.7 Å². The average molecular weight is 264 g/mol. The van der Waals surface area contributed by atoms with Gasteiger partial charge in [-0.2, -0.15) is 0 Å². The number of aliphatic hydroxyl groups is 1. The molecule has 0 aliphatic carbocycles. The van der Waals surface area contributed by atoms with Crippen molar-refractivity contribution >= 4 is 11.6 Å². The molecule has 19 heavy (non-hydrogen) atoms. The van der Waals surface area contributed by atoms with Gasteiger partial charge in [0.05, 0.1) is 12.6 Å². The van der Waals surface area contributed by atoms with Crippen molar-refractivity contribution in [1.82, 2.24) is 5.32 Å². The molecular weight excluding hydrogens is 240 g/mol. The molecule has 0 aliphatic rings. The van der Waals surface area contributed by atoms with Crippen molar-refractivity contribution in [3.63, 3.8) is 0 Å². The second kappa shape index (κ2) is 7.79. The summed E-state index contributed by atoms with van der Waals surface area (Å²) in [7, 11) is 0. The van der Waals surface area contributed by atoms with Crippen molar-refractivity contribution in [2.45, 2.75) is 39.2 Å². The predicted octanol–water partition coefficient (Wildman–Crippen LogP) is 1.72. The summed E-state index contributed by atoms with van der Waals surface area (Å²) in [6, 6.07) is 7.41. The van der Waals surface area contributed by atoms with E-state index in [9.17, 15) is 9.90 Å². The lowest BCUT2D eigenvalue weighted by Crippen LogP contribution is -2.38. The predicted molar refractivity (Wildman–Crippen MR) is 77.6 cm³/mol. The Morgan fingerprint density at radius 3 is 2.74 bits per heavy atom. The summed E-state index contributed by atoms with van der Waals surface area (Å²) in [6.07, 6.45) is 1.87. The Morgan fingerprint density at radius 1 is 1.42 bits per heavy atom. The van der Waals surface area contributed by atoms with E-state index >= 15 is 0 Å². The lowest BCUT2D eigenvalue weighted by molar-refractivity contribution is -0.122. The first-order valence-corrected chi connectivity index (χ1v) is 6.76. The van der Waals surface area contributed by atoms with Gasteiger partial charge in [-0.3, -0.25) is 4.79 Å². The number of aryl methyl sites for hydroxylation is 1. The Kier molecular flexibility index (Phi) is 6.36. The Labute approximate surface area is 115 Å². The summed E-state index contributed by atoms with van der Waals surface area (Å²) in [5.41, 5.74) is 7.46. The Morgan fingerprint density at radius 2 is 2.16 bits per heavy atom. The molecule has 1 aromatic carbocycles. The number of rotatable bonds is 7. The molecule has 0 aromatic heterocycles. The van der Waals surface area contributed by atoms with Gasteiger partial charge in [0, 0.05) is 12.1 Å². The van der Waals surface area contributed by atoms with Gasteiger partial charge in [-0.1, -0.05) is 26.0 Å². The Hall–Kier alpha value is -1.55. The van der Waals surface area contributed by atoms with E-state index < -0.39 is 0 Å². The molecule has 4 nitrogen and oxygen atoms in total. The molecule has 1 aromatic rings. The zero-order chi connectivity index (χ0) is 14.3. The molecule has 0 radical (unpaired) electrons. The Balaban J connectivity index is 2.38. The summed E-state index contributed by atoms with van der Waals surface area (Å²) in [5, 5.41) is 12.1. The topological polar surface area (TPSA) is 75.3 Å². The third-order valence-corrected chi connectivity index (χ3v) is 2.93. The fourth-order valence-corrected chi connectivity index (χ4v) is 2.05. The number of nitrogens with one attached hydrogen (secondary N) is 1. The molecule has 1 rings (SSSR count). The second-order valence-electron chi connectivity index (χ2n) is 5.32. The van der Waals surface area contributed by atoms with Crippen LogP contribution in [-0.2, 0) is 11.2 Å². The summed E-state index contributed by atoms with van der Waals surface area (Å²) in [4.78, 5) is 11.8. The third kappa shape index (κ3) is 6.25. The molecule has 1 atom stereocenters. The zero-order valence-electron chi connectivity index (χ0n) is 11.7. The van der Waals surface area contributed by atoms with Gasteiger partial charge in [0.2, 0.25) is 5.91 Å². The number of aliphatic hydroxyl groups excluding tert-OH is 1. The van der Waals surface area contributed by atoms with Gasteiger partial charge in [-0.15, -0.1) is 0 Å². The van der Waals surface area contributed by atoms with Gasteiger partial charge in [0.1, 0.15) is 0 Å². The standard InChI is InChI=1S/C15H24N2O2/c1-11(2)8-14(10-18)17-15(19)7-6-12-4-3-5-13(16)9-12/h3-5,9,11,14,18H,6-8,10,16H2,1-2H3,(H,17,19). The molecule has 0 aliphatic heterocycles. The maximum absolute atomic E-state index is 11.8. The molecule has 106 valence electrons. The summed E-state index contributed by atoms with van der Waals surface area (Å²) >= 11 is 0. The van der Waals surface area contributed by atoms with E-state index in [1.807, 2.05) is 24.3 Å². The van der Waals surface area contributed by atoms with E-state index in [2.05, 4.69) is 19.2 Å². The van der Waals surface area contributed by atoms with E-state index in [0.717, 1.165) is 12.0 Å². The summed E-state index contributed by atoms with van der Waals surface area (Å²) < 4.78 is 0. The van der Waals surface area contributed by atoms with Crippen LogP contribution in [0.3, 0.4) is 0 Å². The highest BCUT2D eigenvalue weighted by atomic mass is 16.3. The van der Waals surface area contributed by atoms with Crippen molar-refractivity contribution in [3.05, 3.63) is 29.8 Å². The van der Waals surface area contributed by atoms with Crippen molar-refractivity contribution in [2.24, 2.45) is 5.92 Å². The number of nitrogens with two attached hydrogens (primary N) is 1. The molecule has 1 amide bonds. The van der Waals surface area contributed by atoms with Crippen molar-refractivity contribution < 1.29 is 9.90 Å². The maximum Gasteiger partial charge on any atom is 0.220 e. The highest BCUT2D eigenvalue weighted by molar-refractivity contribution is 5.76. The quantitative estimate of drug-likeness (QED) is 0.656. The van der Waals surface area contributed by atoms with E-state index in [4.69, 9.17) is 5.73 Å². The number of hydrogen-bond donors (Lipinski definition) is 3. The molecule has 4 N–H and O–H groups in total. The van der Waals surface area contributed by atoms with Gasteiger partial charge in [0.15, 0.2) is 0 Å². The highest BCUT2D eigenvalue weighted by Gasteiger charge is 2.12. The van der Waals surface area contributed by atoms with Crippen molar-refractivity contribution in [1.29, 1.82) is 0 Å². The first kappa shape index (κ1) is 15.5. The van der Waals surface area contributed by atoms with Crippen LogP contribution in [0.1, 0.15) is 32.3 Å². The number of carbonyl (C=O) groups is 1. The van der Waals surface area contributed by atoms with E-state index in [1.165, 1.54) is 0 Å². The van der Waals surface area contributed by atoms with Crippen LogP contribution in [0.25, 0.3) is 0 Å². The first-order chi connectivity index (χ1) is 9.01. The second-order valence-corrected chi connectivity index (χ2v) is 5.32. The highest BCUT2D eigenvalue weighted by Crippen LogP contribution is 2.09. The number of amides is 1. The van der Waals surface area contributed by atoms with Gasteiger partial charge >= 0.3 is 0 Å². The lowest BCUT2D eigenvalue weighted by Gasteiger charge is -2.18. The average Bonchev–Trinajstić information content (AvgIpc) is 2.35. The van der Waals surface area contributed by atoms with Gasteiger partial charge in [0.25, 0.3) is 0 Å². The van der Waals surface area contributed by atoms with Crippen molar-refractivity contribution in [3.8, 4) is 0 Å². The molecule has 0 bridgehead atoms. The smallest absolute Gasteiger partial charge is 0.220 e. The van der Waals surface area contributed by atoms with Crippen LogP contribution in [0.4, 0.5) is 5.69 Å². The molecule has 0 spiro atoms. The van der Waals surface area contributed by atoms with Crippen LogP contribution >= 0.6 is 0 Å². The number of anilines is 1. The minimum absolute atomic E-state index is 0.0117. The molecular formula is C15H24N2O2. The van der Waals surface area contributed by atoms with Crippen LogP contribution in [0, 0.1) is 5.92 Å². The van der Waals surface area contributed by atoms with Gasteiger partial charge in [-0.25, -0.2) is 0 Å². The minimum Gasteiger partial charge on any atom is -0.399 e. The molecule has 4 heteroatoms. The SMILES string of the molecule is CC(C)CC(CO)NC(=O)CCc1cccc(N)c1. The van der Waals surface area contributed by atoms with Gasteiger partial charge in [-0.05, 0) is 36.5 Å². The fourth-order valence-electron chi connectivity index (χ4n) is 2.05. The minimum atomic E-state index is -0.145. The molecule has 0 saturated carbocycles.